The van der Waals surface area contributed by atoms with Gasteiger partial charge in [-0.3, -0.25) is 4.98 Å². The molecule has 3 heteroatoms. The first-order chi connectivity index (χ1) is 8.90. The fraction of sp³-hybridized carbons (Fsp3) is 0.0667. The zero-order valence-corrected chi connectivity index (χ0v) is 10.00. The number of rotatable bonds is 2. The number of nitrogens with zero attached hydrogens (tertiary/aromatic N) is 2. The van der Waals surface area contributed by atoms with Crippen LogP contribution >= 0.6 is 0 Å². The lowest BCUT2D eigenvalue weighted by Crippen LogP contribution is -1.98. The van der Waals surface area contributed by atoms with E-state index < -0.39 is 0 Å². The first kappa shape index (κ1) is 11.9. The summed E-state index contributed by atoms with van der Waals surface area (Å²) >= 11 is 0. The topological polar surface area (TPSA) is 34.5 Å². The minimum Gasteiger partial charge on any atom is -0.398 e. The molecule has 0 atom stereocenters. The van der Waals surface area contributed by atoms with Crippen LogP contribution in [0.25, 0.3) is 0 Å². The van der Waals surface area contributed by atoms with Gasteiger partial charge in [0.15, 0.2) is 5.71 Å². The number of hydrogen-bond acceptors (Lipinski definition) is 3. The van der Waals surface area contributed by atoms with Gasteiger partial charge in [-0.2, -0.15) is 0 Å². The molecule has 0 amide bonds. The molecule has 0 saturated carbocycles. The zero-order chi connectivity index (χ0) is 12.6. The van der Waals surface area contributed by atoms with Gasteiger partial charge in [0.2, 0.25) is 0 Å². The van der Waals surface area contributed by atoms with Crippen LogP contribution in [0.2, 0.25) is 0 Å². The molecule has 1 aromatic heterocycles. The van der Waals surface area contributed by atoms with Gasteiger partial charge in [-0.25, -0.2) is 0 Å². The molecule has 0 saturated heterocycles. The first-order valence-corrected chi connectivity index (χ1v) is 5.49. The summed E-state index contributed by atoms with van der Waals surface area (Å²) in [7, 11) is 1.50. The average molecular weight is 236 g/mol. The van der Waals surface area contributed by atoms with Crippen molar-refractivity contribution in [3.05, 3.63) is 66.0 Å². The summed E-state index contributed by atoms with van der Waals surface area (Å²) in [5.41, 5.74) is 2.34. The lowest BCUT2D eigenvalue weighted by molar-refractivity contribution is 0.214. The highest BCUT2D eigenvalue weighted by Crippen LogP contribution is 2.00. The Morgan fingerprint density at radius 2 is 2.00 bits per heavy atom. The van der Waals surface area contributed by atoms with Gasteiger partial charge in [-0.15, -0.1) is 0 Å². The molecule has 0 N–H and O–H groups in total. The molecular formula is C15H12N2O. The third-order valence-electron chi connectivity index (χ3n) is 2.22. The highest BCUT2D eigenvalue weighted by molar-refractivity contribution is 6.12. The van der Waals surface area contributed by atoms with E-state index in [-0.39, 0.29) is 0 Å². The fourth-order valence-corrected chi connectivity index (χ4v) is 1.39. The summed E-state index contributed by atoms with van der Waals surface area (Å²) in [4.78, 5) is 8.84. The molecule has 0 bridgehead atoms. The number of hydrogen-bond donors (Lipinski definition) is 0. The van der Waals surface area contributed by atoms with Crippen LogP contribution in [-0.4, -0.2) is 17.8 Å². The smallest absolute Gasteiger partial charge is 0.161 e. The Morgan fingerprint density at radius 3 is 2.67 bits per heavy atom. The molecule has 2 rings (SSSR count). The Morgan fingerprint density at radius 1 is 1.17 bits per heavy atom. The van der Waals surface area contributed by atoms with E-state index in [1.807, 2.05) is 42.5 Å². The van der Waals surface area contributed by atoms with Crippen molar-refractivity contribution in [1.29, 1.82) is 0 Å². The van der Waals surface area contributed by atoms with Gasteiger partial charge in [0.05, 0.1) is 0 Å². The second-order valence-electron chi connectivity index (χ2n) is 3.48. The Labute approximate surface area is 106 Å². The molecule has 0 radical (unpaired) electrons. The van der Waals surface area contributed by atoms with Crippen molar-refractivity contribution < 1.29 is 4.84 Å². The molecule has 2 aromatic rings. The van der Waals surface area contributed by atoms with Crippen LogP contribution in [0, 0.1) is 11.8 Å². The second-order valence-corrected chi connectivity index (χ2v) is 3.48. The summed E-state index contributed by atoms with van der Waals surface area (Å²) in [5, 5.41) is 3.91. The number of oxime groups is 1. The monoisotopic (exact) mass is 236 g/mol. The lowest BCUT2D eigenvalue weighted by Gasteiger charge is -1.97. The van der Waals surface area contributed by atoms with Crippen molar-refractivity contribution in [1.82, 2.24) is 4.98 Å². The minimum absolute atomic E-state index is 0.564. The second kappa shape index (κ2) is 6.21. The Balaban J connectivity index is 2.29. The molecule has 3 nitrogen and oxygen atoms in total. The van der Waals surface area contributed by atoms with Crippen LogP contribution in [0.4, 0.5) is 0 Å². The number of benzene rings is 1. The van der Waals surface area contributed by atoms with Crippen molar-refractivity contribution in [3.63, 3.8) is 0 Å². The molecule has 0 fully saturated rings. The summed E-state index contributed by atoms with van der Waals surface area (Å²) < 4.78 is 0. The van der Waals surface area contributed by atoms with Crippen LogP contribution in [0.5, 0.6) is 0 Å². The van der Waals surface area contributed by atoms with E-state index in [2.05, 4.69) is 22.0 Å². The normalized spacial score (nSPS) is 10.4. The molecule has 18 heavy (non-hydrogen) atoms. The van der Waals surface area contributed by atoms with Gasteiger partial charge >= 0.3 is 0 Å². The van der Waals surface area contributed by atoms with Crippen molar-refractivity contribution in [2.24, 2.45) is 5.16 Å². The van der Waals surface area contributed by atoms with Crippen LogP contribution in [0.1, 0.15) is 11.1 Å². The van der Waals surface area contributed by atoms with Gasteiger partial charge in [0.1, 0.15) is 7.11 Å². The van der Waals surface area contributed by atoms with Gasteiger partial charge in [0.25, 0.3) is 0 Å². The van der Waals surface area contributed by atoms with Crippen molar-refractivity contribution in [3.8, 4) is 11.8 Å². The summed E-state index contributed by atoms with van der Waals surface area (Å²) in [6, 6.07) is 13.5. The van der Waals surface area contributed by atoms with Gasteiger partial charge < -0.3 is 4.84 Å². The number of aromatic nitrogens is 1. The maximum Gasteiger partial charge on any atom is 0.161 e. The van der Waals surface area contributed by atoms with Crippen LogP contribution < -0.4 is 0 Å². The highest BCUT2D eigenvalue weighted by Gasteiger charge is 1.99. The third-order valence-corrected chi connectivity index (χ3v) is 2.22. The Hall–Kier alpha value is -2.60. The standard InChI is InChI=1S/C15H12N2O/c1-18-17-15(14-8-5-11-16-12-14)10-9-13-6-3-2-4-7-13/h2-8,11-12H,1H3/b17-15+. The van der Waals surface area contributed by atoms with Gasteiger partial charge in [-0.05, 0) is 30.2 Å². The van der Waals surface area contributed by atoms with E-state index in [0.29, 0.717) is 5.71 Å². The first-order valence-electron chi connectivity index (χ1n) is 5.49. The van der Waals surface area contributed by atoms with Crippen LogP contribution in [0.3, 0.4) is 0 Å². The minimum atomic E-state index is 0.564. The average Bonchev–Trinajstić information content (AvgIpc) is 2.45. The van der Waals surface area contributed by atoms with E-state index in [1.165, 1.54) is 7.11 Å². The zero-order valence-electron chi connectivity index (χ0n) is 10.00. The highest BCUT2D eigenvalue weighted by atomic mass is 16.6. The van der Waals surface area contributed by atoms with E-state index in [1.54, 1.807) is 12.4 Å². The Kier molecular flexibility index (Phi) is 4.10. The Bertz CT molecular complexity index is 580. The van der Waals surface area contributed by atoms with Crippen LogP contribution in [-0.2, 0) is 4.84 Å². The molecule has 1 aromatic carbocycles. The molecule has 0 aliphatic heterocycles. The molecule has 0 spiro atoms. The molecule has 0 unspecified atom stereocenters. The molecular weight excluding hydrogens is 224 g/mol. The molecule has 0 aliphatic carbocycles. The SMILES string of the molecule is CO/N=C(\C#Cc1ccccc1)c1cccnc1. The fourth-order valence-electron chi connectivity index (χ4n) is 1.39. The predicted octanol–water partition coefficient (Wildman–Crippen LogP) is 2.48. The summed E-state index contributed by atoms with van der Waals surface area (Å²) in [6.45, 7) is 0. The van der Waals surface area contributed by atoms with E-state index in [0.717, 1.165) is 11.1 Å². The summed E-state index contributed by atoms with van der Waals surface area (Å²) in [5.74, 6) is 6.03. The third kappa shape index (κ3) is 3.19. The lowest BCUT2D eigenvalue weighted by atomic mass is 10.1. The number of pyridine rings is 1. The van der Waals surface area contributed by atoms with E-state index >= 15 is 0 Å². The van der Waals surface area contributed by atoms with Gasteiger partial charge in [0, 0.05) is 23.5 Å². The maximum atomic E-state index is 4.80. The quantitative estimate of drug-likeness (QED) is 0.456. The largest absolute Gasteiger partial charge is 0.398 e. The van der Waals surface area contributed by atoms with Crippen molar-refractivity contribution in [2.45, 2.75) is 0 Å². The maximum absolute atomic E-state index is 4.80. The van der Waals surface area contributed by atoms with Crippen molar-refractivity contribution >= 4 is 5.71 Å². The van der Waals surface area contributed by atoms with E-state index in [9.17, 15) is 0 Å². The molecule has 88 valence electrons. The van der Waals surface area contributed by atoms with Crippen molar-refractivity contribution in [2.75, 3.05) is 7.11 Å². The van der Waals surface area contributed by atoms with E-state index in [4.69, 9.17) is 4.84 Å². The van der Waals surface area contributed by atoms with Gasteiger partial charge in [-0.1, -0.05) is 29.3 Å². The molecule has 1 heterocycles. The summed E-state index contributed by atoms with van der Waals surface area (Å²) in [6.07, 6.45) is 3.41. The predicted molar refractivity (Wildman–Crippen MR) is 71.1 cm³/mol. The molecule has 0 aliphatic rings. The van der Waals surface area contributed by atoms with Crippen LogP contribution in [0.15, 0.2) is 60.0 Å².